The maximum absolute atomic E-state index is 12.2. The van der Waals surface area contributed by atoms with Gasteiger partial charge in [0.05, 0.1) is 11.1 Å². The van der Waals surface area contributed by atoms with Crippen LogP contribution in [0, 0.1) is 0 Å². The molecular formula is C19H17BrN2O3. The molecule has 0 saturated carbocycles. The predicted octanol–water partition coefficient (Wildman–Crippen LogP) is 2.79. The highest BCUT2D eigenvalue weighted by Gasteiger charge is 2.36. The van der Waals surface area contributed by atoms with E-state index in [1.807, 2.05) is 24.3 Å². The third-order valence-electron chi connectivity index (χ3n) is 4.03. The quantitative estimate of drug-likeness (QED) is 0.598. The van der Waals surface area contributed by atoms with Crippen LogP contribution in [-0.4, -0.2) is 35.7 Å². The lowest BCUT2D eigenvalue weighted by atomic mass is 10.1. The van der Waals surface area contributed by atoms with Crippen LogP contribution in [0.1, 0.15) is 32.7 Å². The second kappa shape index (κ2) is 7.61. The normalized spacial score (nSPS) is 13.1. The average molecular weight is 401 g/mol. The first-order valence-electron chi connectivity index (χ1n) is 8.02. The Morgan fingerprint density at radius 3 is 2.32 bits per heavy atom. The minimum Gasteiger partial charge on any atom is -0.355 e. The molecule has 0 saturated heterocycles. The fourth-order valence-electron chi connectivity index (χ4n) is 2.80. The fourth-order valence-corrected chi connectivity index (χ4v) is 3.24. The van der Waals surface area contributed by atoms with Gasteiger partial charge in [0.1, 0.15) is 6.54 Å². The van der Waals surface area contributed by atoms with Gasteiger partial charge in [-0.3, -0.25) is 19.3 Å². The SMILES string of the molecule is O=C(CN1C(=O)c2ccccc2C1=O)NCCCc1cccc(Br)c1. The Balaban J connectivity index is 1.47. The minimum absolute atomic E-state index is 0.247. The molecule has 0 aromatic heterocycles. The zero-order valence-electron chi connectivity index (χ0n) is 13.5. The third kappa shape index (κ3) is 3.96. The van der Waals surface area contributed by atoms with Crippen molar-refractivity contribution >= 4 is 33.7 Å². The molecule has 0 radical (unpaired) electrons. The van der Waals surface area contributed by atoms with Crippen molar-refractivity contribution in [3.8, 4) is 0 Å². The fraction of sp³-hybridized carbons (Fsp3) is 0.211. The molecule has 2 aromatic rings. The van der Waals surface area contributed by atoms with E-state index in [1.54, 1.807) is 24.3 Å². The van der Waals surface area contributed by atoms with Crippen LogP contribution in [0.4, 0.5) is 0 Å². The first kappa shape index (κ1) is 17.4. The lowest BCUT2D eigenvalue weighted by Crippen LogP contribution is -2.40. The third-order valence-corrected chi connectivity index (χ3v) is 4.53. The molecular weight excluding hydrogens is 384 g/mol. The molecule has 5 nitrogen and oxygen atoms in total. The maximum atomic E-state index is 12.2. The van der Waals surface area contributed by atoms with E-state index in [0.29, 0.717) is 17.7 Å². The van der Waals surface area contributed by atoms with E-state index >= 15 is 0 Å². The molecule has 3 rings (SSSR count). The number of rotatable bonds is 6. The number of carbonyl (C=O) groups is 3. The van der Waals surface area contributed by atoms with Crippen LogP contribution in [-0.2, 0) is 11.2 Å². The lowest BCUT2D eigenvalue weighted by Gasteiger charge is -2.13. The van der Waals surface area contributed by atoms with Gasteiger partial charge < -0.3 is 5.32 Å². The van der Waals surface area contributed by atoms with Crippen LogP contribution >= 0.6 is 15.9 Å². The molecule has 1 heterocycles. The zero-order valence-corrected chi connectivity index (χ0v) is 15.1. The number of hydrogen-bond donors (Lipinski definition) is 1. The lowest BCUT2D eigenvalue weighted by molar-refractivity contribution is -0.121. The largest absolute Gasteiger partial charge is 0.355 e. The summed E-state index contributed by atoms with van der Waals surface area (Å²) < 4.78 is 1.03. The number of hydrogen-bond acceptors (Lipinski definition) is 3. The van der Waals surface area contributed by atoms with Gasteiger partial charge in [0, 0.05) is 11.0 Å². The second-order valence-corrected chi connectivity index (χ2v) is 6.74. The van der Waals surface area contributed by atoms with Gasteiger partial charge >= 0.3 is 0 Å². The van der Waals surface area contributed by atoms with Crippen molar-refractivity contribution in [1.29, 1.82) is 0 Å². The van der Waals surface area contributed by atoms with Crippen molar-refractivity contribution in [1.82, 2.24) is 10.2 Å². The van der Waals surface area contributed by atoms with Gasteiger partial charge in [0.25, 0.3) is 11.8 Å². The number of imide groups is 1. The van der Waals surface area contributed by atoms with Crippen LogP contribution in [0.15, 0.2) is 53.0 Å². The maximum Gasteiger partial charge on any atom is 0.262 e. The van der Waals surface area contributed by atoms with Gasteiger partial charge in [0.15, 0.2) is 0 Å². The Morgan fingerprint density at radius 1 is 1.00 bits per heavy atom. The molecule has 0 unspecified atom stereocenters. The summed E-state index contributed by atoms with van der Waals surface area (Å²) in [6, 6.07) is 14.6. The highest BCUT2D eigenvalue weighted by molar-refractivity contribution is 9.10. The summed E-state index contributed by atoms with van der Waals surface area (Å²) in [5, 5.41) is 2.77. The van der Waals surface area contributed by atoms with Gasteiger partial charge in [-0.05, 0) is 42.7 Å². The van der Waals surface area contributed by atoms with Crippen molar-refractivity contribution < 1.29 is 14.4 Å². The summed E-state index contributed by atoms with van der Waals surface area (Å²) in [7, 11) is 0. The molecule has 0 bridgehead atoms. The Kier molecular flexibility index (Phi) is 5.28. The van der Waals surface area contributed by atoms with Crippen molar-refractivity contribution in [3.63, 3.8) is 0 Å². The van der Waals surface area contributed by atoms with Gasteiger partial charge in [-0.2, -0.15) is 0 Å². The number of nitrogens with one attached hydrogen (secondary N) is 1. The monoisotopic (exact) mass is 400 g/mol. The van der Waals surface area contributed by atoms with Crippen molar-refractivity contribution in [2.24, 2.45) is 0 Å². The van der Waals surface area contributed by atoms with Gasteiger partial charge in [-0.25, -0.2) is 0 Å². The summed E-state index contributed by atoms with van der Waals surface area (Å²) >= 11 is 3.43. The smallest absolute Gasteiger partial charge is 0.262 e. The molecule has 0 aliphatic carbocycles. The molecule has 128 valence electrons. The van der Waals surface area contributed by atoms with Crippen LogP contribution in [0.25, 0.3) is 0 Å². The van der Waals surface area contributed by atoms with E-state index in [4.69, 9.17) is 0 Å². The van der Waals surface area contributed by atoms with E-state index in [2.05, 4.69) is 21.2 Å². The van der Waals surface area contributed by atoms with E-state index < -0.39 is 11.8 Å². The second-order valence-electron chi connectivity index (χ2n) is 5.83. The summed E-state index contributed by atoms with van der Waals surface area (Å²) in [5.41, 5.74) is 1.90. The molecule has 1 N–H and O–H groups in total. The van der Waals surface area contributed by atoms with E-state index in [1.165, 1.54) is 5.56 Å². The standard InChI is InChI=1S/C19H17BrN2O3/c20-14-7-3-5-13(11-14)6-4-10-21-17(23)12-22-18(24)15-8-1-2-9-16(15)19(22)25/h1-3,5,7-9,11H,4,6,10,12H2,(H,21,23). The first-order chi connectivity index (χ1) is 12.1. The Bertz CT molecular complexity index is 800. The molecule has 6 heteroatoms. The summed E-state index contributed by atoms with van der Waals surface area (Å²) in [6.45, 7) is 0.248. The zero-order chi connectivity index (χ0) is 17.8. The van der Waals surface area contributed by atoms with E-state index in [0.717, 1.165) is 22.2 Å². The van der Waals surface area contributed by atoms with Crippen LogP contribution < -0.4 is 5.32 Å². The summed E-state index contributed by atoms with van der Waals surface area (Å²) in [4.78, 5) is 37.5. The first-order valence-corrected chi connectivity index (χ1v) is 8.82. The molecule has 3 amide bonds. The van der Waals surface area contributed by atoms with Crippen molar-refractivity contribution in [2.45, 2.75) is 12.8 Å². The number of amides is 3. The molecule has 0 spiro atoms. The number of carbonyl (C=O) groups excluding carboxylic acids is 3. The van der Waals surface area contributed by atoms with Gasteiger partial charge in [0.2, 0.25) is 5.91 Å². The highest BCUT2D eigenvalue weighted by Crippen LogP contribution is 2.21. The van der Waals surface area contributed by atoms with Gasteiger partial charge in [-0.15, -0.1) is 0 Å². The van der Waals surface area contributed by atoms with Crippen molar-refractivity contribution in [3.05, 3.63) is 69.7 Å². The molecule has 25 heavy (non-hydrogen) atoms. The number of halogens is 1. The summed E-state index contributed by atoms with van der Waals surface area (Å²) in [5.74, 6) is -1.15. The van der Waals surface area contributed by atoms with Crippen LogP contribution in [0.3, 0.4) is 0 Å². The molecule has 1 aliphatic heterocycles. The minimum atomic E-state index is -0.412. The number of benzene rings is 2. The number of aryl methyl sites for hydroxylation is 1. The van der Waals surface area contributed by atoms with Crippen molar-refractivity contribution in [2.75, 3.05) is 13.1 Å². The van der Waals surface area contributed by atoms with Gasteiger partial charge in [-0.1, -0.05) is 40.2 Å². The molecule has 1 aliphatic rings. The average Bonchev–Trinajstić information content (AvgIpc) is 2.84. The predicted molar refractivity (Wildman–Crippen MR) is 97.3 cm³/mol. The van der Waals surface area contributed by atoms with E-state index in [9.17, 15) is 14.4 Å². The Labute approximate surface area is 154 Å². The highest BCUT2D eigenvalue weighted by atomic mass is 79.9. The molecule has 0 atom stereocenters. The number of nitrogens with zero attached hydrogens (tertiary/aromatic N) is 1. The summed E-state index contributed by atoms with van der Waals surface area (Å²) in [6.07, 6.45) is 1.62. The number of fused-ring (bicyclic) bond motifs is 1. The topological polar surface area (TPSA) is 66.5 Å². The Morgan fingerprint density at radius 2 is 1.68 bits per heavy atom. The molecule has 2 aromatic carbocycles. The Hall–Kier alpha value is -2.47. The molecule has 0 fully saturated rings. The van der Waals surface area contributed by atoms with E-state index in [-0.39, 0.29) is 12.5 Å². The van der Waals surface area contributed by atoms with Crippen LogP contribution in [0.2, 0.25) is 0 Å². The van der Waals surface area contributed by atoms with Crippen LogP contribution in [0.5, 0.6) is 0 Å².